The molecule has 0 saturated carbocycles. The predicted octanol–water partition coefficient (Wildman–Crippen LogP) is 3.85. The van der Waals surface area contributed by atoms with Crippen LogP contribution in [0.5, 0.6) is 0 Å². The molecule has 3 atom stereocenters. The van der Waals surface area contributed by atoms with E-state index in [0.29, 0.717) is 30.1 Å². The van der Waals surface area contributed by atoms with Crippen molar-refractivity contribution in [2.45, 2.75) is 31.1 Å². The van der Waals surface area contributed by atoms with Crippen molar-refractivity contribution in [2.75, 3.05) is 11.9 Å². The van der Waals surface area contributed by atoms with Gasteiger partial charge in [0, 0.05) is 24.0 Å². The molecule has 1 saturated heterocycles. The van der Waals surface area contributed by atoms with Gasteiger partial charge in [0.1, 0.15) is 23.5 Å². The molecule has 3 aliphatic rings. The fraction of sp³-hybridized carbons (Fsp3) is 0.261. The van der Waals surface area contributed by atoms with Crippen LogP contribution < -0.4 is 10.6 Å². The van der Waals surface area contributed by atoms with Crippen molar-refractivity contribution < 1.29 is 13.6 Å². The minimum Gasteiger partial charge on any atom is -0.350 e. The van der Waals surface area contributed by atoms with Crippen LogP contribution in [0.2, 0.25) is 0 Å². The monoisotopic (exact) mass is 436 g/mol. The Kier molecular flexibility index (Phi) is 5.30. The lowest BCUT2D eigenvalue weighted by atomic mass is 10.0. The van der Waals surface area contributed by atoms with Gasteiger partial charge < -0.3 is 15.5 Å². The number of hydrogen-bond donors (Lipinski definition) is 2. The molecule has 9 heteroatoms. The molecule has 0 aromatic heterocycles. The van der Waals surface area contributed by atoms with E-state index < -0.39 is 23.8 Å². The quantitative estimate of drug-likeness (QED) is 0.768. The molecule has 1 fully saturated rings. The van der Waals surface area contributed by atoms with Crippen molar-refractivity contribution in [3.63, 3.8) is 0 Å². The van der Waals surface area contributed by atoms with Gasteiger partial charge in [-0.3, -0.25) is 0 Å². The summed E-state index contributed by atoms with van der Waals surface area (Å²) in [7, 11) is 0. The van der Waals surface area contributed by atoms with Gasteiger partial charge in [0.05, 0.1) is 12.3 Å². The Balaban J connectivity index is 1.32. The van der Waals surface area contributed by atoms with Gasteiger partial charge in [-0.25, -0.2) is 23.6 Å². The van der Waals surface area contributed by atoms with Gasteiger partial charge in [-0.05, 0) is 49.2 Å². The molecule has 2 aromatic rings. The fourth-order valence-electron chi connectivity index (χ4n) is 4.30. The number of rotatable bonds is 3. The van der Waals surface area contributed by atoms with E-state index in [0.717, 1.165) is 18.6 Å². The van der Waals surface area contributed by atoms with Gasteiger partial charge in [0.15, 0.2) is 6.17 Å². The summed E-state index contributed by atoms with van der Waals surface area (Å²) in [5.41, 5.74) is 1.02. The molecule has 3 aliphatic heterocycles. The minimum atomic E-state index is -0.460. The van der Waals surface area contributed by atoms with Crippen LogP contribution in [0, 0.1) is 11.6 Å². The van der Waals surface area contributed by atoms with E-state index in [9.17, 15) is 13.6 Å². The molecule has 0 radical (unpaired) electrons. The number of benzene rings is 2. The maximum absolute atomic E-state index is 14.4. The van der Waals surface area contributed by atoms with Crippen molar-refractivity contribution in [3.8, 4) is 0 Å². The highest BCUT2D eigenvalue weighted by molar-refractivity contribution is 5.95. The van der Waals surface area contributed by atoms with Gasteiger partial charge >= 0.3 is 6.03 Å². The van der Waals surface area contributed by atoms with Gasteiger partial charge in [0.2, 0.25) is 0 Å². The summed E-state index contributed by atoms with van der Waals surface area (Å²) in [5.74, 6) is -0.219. The zero-order chi connectivity index (χ0) is 22.1. The predicted molar refractivity (Wildman–Crippen MR) is 118 cm³/mol. The number of hydrogen-bond acceptors (Lipinski definition) is 5. The molecule has 5 rings (SSSR count). The molecule has 2 amide bonds. The average molecular weight is 436 g/mol. The zero-order valence-corrected chi connectivity index (χ0v) is 17.2. The largest absolute Gasteiger partial charge is 0.350 e. The number of halogens is 2. The number of urea groups is 1. The van der Waals surface area contributed by atoms with E-state index in [4.69, 9.17) is 4.99 Å². The van der Waals surface area contributed by atoms with Gasteiger partial charge in [-0.15, -0.1) is 0 Å². The average Bonchev–Trinajstić information content (AvgIpc) is 3.43. The lowest BCUT2D eigenvalue weighted by Gasteiger charge is -2.32. The second kappa shape index (κ2) is 8.41. The number of carbonyl (C=O) groups excluding carboxylic acids is 1. The standard InChI is InChI=1S/C23H22F2N6O/c24-15-8-9-18(25)17(13-15)20-7-4-11-30(20)21-10-12-31-22(29-21)19(14-26-31)28-23(32)27-16-5-2-1-3-6-16/h1-3,5-6,8-10,12-14,19-20,22H,4,7,11H2,(H2,27,28,32)/t19?,20-,22?/m1/s1. The number of likely N-dealkylation sites (tertiary alicyclic amines) is 1. The maximum Gasteiger partial charge on any atom is 0.319 e. The van der Waals surface area contributed by atoms with Crippen LogP contribution in [-0.2, 0) is 0 Å². The Morgan fingerprint density at radius 2 is 1.97 bits per heavy atom. The second-order valence-corrected chi connectivity index (χ2v) is 7.87. The van der Waals surface area contributed by atoms with E-state index in [-0.39, 0.29) is 12.1 Å². The minimum absolute atomic E-state index is 0.296. The van der Waals surface area contributed by atoms with Crippen molar-refractivity contribution in [1.82, 2.24) is 15.2 Å². The van der Waals surface area contributed by atoms with Crippen LogP contribution in [0.1, 0.15) is 24.4 Å². The second-order valence-electron chi connectivity index (χ2n) is 7.87. The number of para-hydroxylation sites is 1. The Morgan fingerprint density at radius 3 is 2.81 bits per heavy atom. The van der Waals surface area contributed by atoms with Crippen LogP contribution in [0.4, 0.5) is 19.3 Å². The lowest BCUT2D eigenvalue weighted by Crippen LogP contribution is -2.48. The smallest absolute Gasteiger partial charge is 0.319 e. The Morgan fingerprint density at radius 1 is 1.12 bits per heavy atom. The van der Waals surface area contributed by atoms with Crippen LogP contribution in [0.15, 0.2) is 70.9 Å². The first kappa shape index (κ1) is 20.2. The van der Waals surface area contributed by atoms with Crippen molar-refractivity contribution in [3.05, 3.63) is 78.0 Å². The molecule has 0 spiro atoms. The van der Waals surface area contributed by atoms with Crippen molar-refractivity contribution in [2.24, 2.45) is 10.1 Å². The number of amidine groups is 1. The van der Waals surface area contributed by atoms with Crippen LogP contribution >= 0.6 is 0 Å². The van der Waals surface area contributed by atoms with Crippen molar-refractivity contribution in [1.29, 1.82) is 0 Å². The third-order valence-electron chi connectivity index (χ3n) is 5.79. The number of fused-ring (bicyclic) bond motifs is 1. The van der Waals surface area contributed by atoms with Gasteiger partial charge in [-0.2, -0.15) is 5.10 Å². The Hall–Kier alpha value is -3.75. The maximum atomic E-state index is 14.4. The first-order valence-corrected chi connectivity index (χ1v) is 10.5. The molecule has 0 aliphatic carbocycles. The van der Waals surface area contributed by atoms with E-state index in [1.165, 1.54) is 6.07 Å². The fourth-order valence-corrected chi connectivity index (χ4v) is 4.30. The first-order chi connectivity index (χ1) is 15.6. The Labute approximate surface area is 184 Å². The number of aliphatic imine (C=N–C) groups is 1. The van der Waals surface area contributed by atoms with Gasteiger partial charge in [0.25, 0.3) is 0 Å². The van der Waals surface area contributed by atoms with E-state index in [1.54, 1.807) is 29.6 Å². The summed E-state index contributed by atoms with van der Waals surface area (Å²) in [4.78, 5) is 19.2. The molecule has 2 aromatic carbocycles. The number of anilines is 1. The molecule has 164 valence electrons. The number of nitrogens with one attached hydrogen (secondary N) is 2. The number of amides is 2. The summed E-state index contributed by atoms with van der Waals surface area (Å²) in [6.07, 6.45) is 6.35. The van der Waals surface area contributed by atoms with Crippen LogP contribution in [0.25, 0.3) is 0 Å². The SMILES string of the molecule is O=C(Nc1ccccc1)NC1C=NN2C=CC(N3CCC[C@@H]3c3cc(F)ccc3F)=NC12. The molecule has 7 nitrogen and oxygen atoms in total. The summed E-state index contributed by atoms with van der Waals surface area (Å²) >= 11 is 0. The third kappa shape index (κ3) is 3.93. The molecule has 0 bridgehead atoms. The highest BCUT2D eigenvalue weighted by Gasteiger charge is 2.36. The van der Waals surface area contributed by atoms with Crippen LogP contribution in [0.3, 0.4) is 0 Å². The number of carbonyl (C=O) groups is 1. The van der Waals surface area contributed by atoms with Gasteiger partial charge in [-0.1, -0.05) is 18.2 Å². The zero-order valence-electron chi connectivity index (χ0n) is 17.2. The summed E-state index contributed by atoms with van der Waals surface area (Å²) in [5, 5.41) is 11.7. The number of nitrogens with zero attached hydrogens (tertiary/aromatic N) is 4. The van der Waals surface area contributed by atoms with Crippen LogP contribution in [-0.4, -0.2) is 46.7 Å². The molecule has 3 heterocycles. The summed E-state index contributed by atoms with van der Waals surface area (Å²) in [6, 6.07) is 11.6. The molecule has 32 heavy (non-hydrogen) atoms. The highest BCUT2D eigenvalue weighted by atomic mass is 19.1. The molecular formula is C23H22F2N6O. The highest BCUT2D eigenvalue weighted by Crippen LogP contribution is 2.35. The number of hydrazone groups is 1. The topological polar surface area (TPSA) is 72.3 Å². The Bertz CT molecular complexity index is 1100. The third-order valence-corrected chi connectivity index (χ3v) is 5.79. The lowest BCUT2D eigenvalue weighted by molar-refractivity contribution is 0.241. The van der Waals surface area contributed by atoms with E-state index in [1.807, 2.05) is 29.2 Å². The van der Waals surface area contributed by atoms with E-state index >= 15 is 0 Å². The van der Waals surface area contributed by atoms with Crippen molar-refractivity contribution >= 4 is 23.8 Å². The summed E-state index contributed by atoms with van der Waals surface area (Å²) < 4.78 is 28.2. The molecule has 2 unspecified atom stereocenters. The molecule has 2 N–H and O–H groups in total. The summed E-state index contributed by atoms with van der Waals surface area (Å²) in [6.45, 7) is 0.684. The van der Waals surface area contributed by atoms with E-state index in [2.05, 4.69) is 15.7 Å². The normalized spacial score (nSPS) is 23.8. The molecular weight excluding hydrogens is 414 g/mol. The first-order valence-electron chi connectivity index (χ1n) is 10.5.